The van der Waals surface area contributed by atoms with Crippen LogP contribution in [0.3, 0.4) is 0 Å². The van der Waals surface area contributed by atoms with Crippen LogP contribution in [0.1, 0.15) is 41.9 Å². The molecule has 0 atom stereocenters. The molecule has 0 radical (unpaired) electrons. The van der Waals surface area contributed by atoms with Gasteiger partial charge in [0.1, 0.15) is 5.75 Å². The summed E-state index contributed by atoms with van der Waals surface area (Å²) in [5.41, 5.74) is 5.39. The minimum absolute atomic E-state index is 0.0126. The van der Waals surface area contributed by atoms with E-state index in [1.807, 2.05) is 75.4 Å². The standard InChI is InChI=1S/C26H30N2O4/c1-5-27(6-2)26(31)20-9-14-23(18(3)17-20)28-21(11-16-25(29)30)10-15-24(28)19-7-12-22(32-4)13-8-19/h7-10,12-15,17H,5-6,11,16H2,1-4H3,(H,29,30). The van der Waals surface area contributed by atoms with Crippen molar-refractivity contribution in [3.63, 3.8) is 0 Å². The van der Waals surface area contributed by atoms with Crippen molar-refractivity contribution in [1.82, 2.24) is 9.47 Å². The van der Waals surface area contributed by atoms with Gasteiger partial charge in [-0.2, -0.15) is 0 Å². The van der Waals surface area contributed by atoms with Crippen LogP contribution >= 0.6 is 0 Å². The van der Waals surface area contributed by atoms with Gasteiger partial charge in [-0.15, -0.1) is 0 Å². The minimum Gasteiger partial charge on any atom is -0.497 e. The summed E-state index contributed by atoms with van der Waals surface area (Å²) in [4.78, 5) is 25.8. The van der Waals surface area contributed by atoms with Crippen LogP contribution in [0, 0.1) is 6.92 Å². The van der Waals surface area contributed by atoms with Gasteiger partial charge in [-0.25, -0.2) is 0 Å². The maximum absolute atomic E-state index is 12.8. The topological polar surface area (TPSA) is 71.8 Å². The molecule has 0 aliphatic heterocycles. The SMILES string of the molecule is CCN(CC)C(=O)c1ccc(-n2c(CCC(=O)O)ccc2-c2ccc(OC)cc2)c(C)c1. The highest BCUT2D eigenvalue weighted by Gasteiger charge is 2.18. The number of benzene rings is 2. The Morgan fingerprint density at radius 1 is 1.00 bits per heavy atom. The molecule has 0 unspecified atom stereocenters. The van der Waals surface area contributed by atoms with Crippen molar-refractivity contribution in [3.05, 3.63) is 71.4 Å². The van der Waals surface area contributed by atoms with Gasteiger partial charge in [0.25, 0.3) is 5.91 Å². The maximum atomic E-state index is 12.8. The second kappa shape index (κ2) is 10.2. The van der Waals surface area contributed by atoms with Gasteiger partial charge in [-0.3, -0.25) is 9.59 Å². The molecule has 0 bridgehead atoms. The predicted molar refractivity (Wildman–Crippen MR) is 126 cm³/mol. The largest absolute Gasteiger partial charge is 0.497 e. The van der Waals surface area contributed by atoms with E-state index < -0.39 is 5.97 Å². The lowest BCUT2D eigenvalue weighted by Crippen LogP contribution is -2.30. The van der Waals surface area contributed by atoms with Crippen molar-refractivity contribution in [3.8, 4) is 22.7 Å². The molecule has 1 heterocycles. The third kappa shape index (κ3) is 4.85. The molecule has 168 valence electrons. The zero-order valence-electron chi connectivity index (χ0n) is 19.1. The fourth-order valence-corrected chi connectivity index (χ4v) is 3.91. The summed E-state index contributed by atoms with van der Waals surface area (Å²) in [5.74, 6) is -0.0484. The number of carbonyl (C=O) groups excluding carboxylic acids is 1. The summed E-state index contributed by atoms with van der Waals surface area (Å²) >= 11 is 0. The van der Waals surface area contributed by atoms with Gasteiger partial charge in [-0.1, -0.05) is 0 Å². The molecule has 1 amide bonds. The number of carbonyl (C=O) groups is 2. The van der Waals surface area contributed by atoms with Crippen molar-refractivity contribution >= 4 is 11.9 Å². The Morgan fingerprint density at radius 3 is 2.25 bits per heavy atom. The molecule has 6 nitrogen and oxygen atoms in total. The number of rotatable bonds is 9. The molecule has 2 aromatic carbocycles. The van der Waals surface area contributed by atoms with Crippen LogP contribution < -0.4 is 4.74 Å². The number of ether oxygens (including phenoxy) is 1. The van der Waals surface area contributed by atoms with Crippen LogP contribution in [0.25, 0.3) is 16.9 Å². The van der Waals surface area contributed by atoms with Gasteiger partial charge in [0.05, 0.1) is 19.2 Å². The number of amides is 1. The smallest absolute Gasteiger partial charge is 0.303 e. The highest BCUT2D eigenvalue weighted by Crippen LogP contribution is 2.30. The summed E-state index contributed by atoms with van der Waals surface area (Å²) in [7, 11) is 1.63. The molecule has 1 aromatic heterocycles. The van der Waals surface area contributed by atoms with Crippen molar-refractivity contribution in [2.45, 2.75) is 33.6 Å². The first-order valence-electron chi connectivity index (χ1n) is 10.9. The van der Waals surface area contributed by atoms with E-state index in [0.29, 0.717) is 25.1 Å². The zero-order chi connectivity index (χ0) is 23.3. The fraction of sp³-hybridized carbons (Fsp3) is 0.308. The normalized spacial score (nSPS) is 10.8. The average molecular weight is 435 g/mol. The molecule has 0 saturated carbocycles. The average Bonchev–Trinajstić information content (AvgIpc) is 3.22. The molecule has 3 aromatic rings. The summed E-state index contributed by atoms with van der Waals surface area (Å²) in [6, 6.07) is 17.5. The van der Waals surface area contributed by atoms with E-state index in [2.05, 4.69) is 4.57 Å². The van der Waals surface area contributed by atoms with E-state index in [0.717, 1.165) is 34.0 Å². The van der Waals surface area contributed by atoms with Crippen LogP contribution in [0.4, 0.5) is 0 Å². The number of carboxylic acids is 1. The van der Waals surface area contributed by atoms with Crippen LogP contribution in [-0.4, -0.2) is 46.6 Å². The van der Waals surface area contributed by atoms with E-state index in [1.54, 1.807) is 12.0 Å². The second-order valence-electron chi connectivity index (χ2n) is 7.65. The van der Waals surface area contributed by atoms with E-state index in [1.165, 1.54) is 0 Å². The van der Waals surface area contributed by atoms with Gasteiger partial charge >= 0.3 is 5.97 Å². The molecule has 3 rings (SSSR count). The van der Waals surface area contributed by atoms with Gasteiger partial charge < -0.3 is 19.3 Å². The number of aryl methyl sites for hydroxylation is 2. The van der Waals surface area contributed by atoms with E-state index in [9.17, 15) is 14.7 Å². The number of aliphatic carboxylic acids is 1. The molecule has 0 saturated heterocycles. The van der Waals surface area contributed by atoms with E-state index >= 15 is 0 Å². The molecule has 0 spiro atoms. The van der Waals surface area contributed by atoms with Gasteiger partial charge in [0.2, 0.25) is 0 Å². The molecular weight excluding hydrogens is 404 g/mol. The Hall–Kier alpha value is -3.54. The Bertz CT molecular complexity index is 1100. The Labute approximate surface area is 189 Å². The number of hydrogen-bond acceptors (Lipinski definition) is 3. The first kappa shape index (κ1) is 23.1. The first-order chi connectivity index (χ1) is 15.4. The lowest BCUT2D eigenvalue weighted by Gasteiger charge is -2.20. The van der Waals surface area contributed by atoms with Crippen LogP contribution in [-0.2, 0) is 11.2 Å². The zero-order valence-corrected chi connectivity index (χ0v) is 19.1. The van der Waals surface area contributed by atoms with Gasteiger partial charge in [0, 0.05) is 30.0 Å². The van der Waals surface area contributed by atoms with E-state index in [4.69, 9.17) is 4.74 Å². The highest BCUT2D eigenvalue weighted by atomic mass is 16.5. The third-order valence-corrected chi connectivity index (χ3v) is 5.68. The van der Waals surface area contributed by atoms with Gasteiger partial charge in [-0.05, 0) is 92.9 Å². The van der Waals surface area contributed by atoms with Crippen molar-refractivity contribution < 1.29 is 19.4 Å². The molecule has 0 fully saturated rings. The molecule has 0 aliphatic rings. The molecule has 0 aliphatic carbocycles. The van der Waals surface area contributed by atoms with Crippen molar-refractivity contribution in [2.24, 2.45) is 0 Å². The van der Waals surface area contributed by atoms with Crippen LogP contribution in [0.5, 0.6) is 5.75 Å². The van der Waals surface area contributed by atoms with Crippen LogP contribution in [0.15, 0.2) is 54.6 Å². The quantitative estimate of drug-likeness (QED) is 0.517. The Balaban J connectivity index is 2.08. The predicted octanol–water partition coefficient (Wildman–Crippen LogP) is 4.96. The minimum atomic E-state index is -0.833. The summed E-state index contributed by atoms with van der Waals surface area (Å²) in [6.45, 7) is 7.24. The first-order valence-corrected chi connectivity index (χ1v) is 10.9. The third-order valence-electron chi connectivity index (χ3n) is 5.68. The Kier molecular flexibility index (Phi) is 7.36. The van der Waals surface area contributed by atoms with Crippen LogP contribution in [0.2, 0.25) is 0 Å². The highest BCUT2D eigenvalue weighted by molar-refractivity contribution is 5.94. The maximum Gasteiger partial charge on any atom is 0.303 e. The number of aromatic nitrogens is 1. The molecule has 6 heteroatoms. The summed E-state index contributed by atoms with van der Waals surface area (Å²) < 4.78 is 7.36. The van der Waals surface area contributed by atoms with E-state index in [-0.39, 0.29) is 12.3 Å². The number of nitrogens with zero attached hydrogens (tertiary/aromatic N) is 2. The van der Waals surface area contributed by atoms with Crippen molar-refractivity contribution in [2.75, 3.05) is 20.2 Å². The van der Waals surface area contributed by atoms with Crippen molar-refractivity contribution in [1.29, 1.82) is 0 Å². The second-order valence-corrected chi connectivity index (χ2v) is 7.65. The summed E-state index contributed by atoms with van der Waals surface area (Å²) in [5, 5.41) is 9.20. The molecular formula is C26H30N2O4. The van der Waals surface area contributed by atoms with Gasteiger partial charge in [0.15, 0.2) is 0 Å². The number of hydrogen-bond donors (Lipinski definition) is 1. The number of methoxy groups -OCH3 is 1. The summed E-state index contributed by atoms with van der Waals surface area (Å²) in [6.07, 6.45) is 0.453. The molecule has 32 heavy (non-hydrogen) atoms. The fourth-order valence-electron chi connectivity index (χ4n) is 3.91. The lowest BCUT2D eigenvalue weighted by molar-refractivity contribution is -0.136. The lowest BCUT2D eigenvalue weighted by atomic mass is 10.1. The monoisotopic (exact) mass is 434 g/mol. The Morgan fingerprint density at radius 2 is 1.69 bits per heavy atom. The number of carboxylic acid groups (broad SMARTS) is 1. The molecule has 1 N–H and O–H groups in total.